The van der Waals surface area contributed by atoms with Crippen LogP contribution in [-0.4, -0.2) is 37.0 Å². The third kappa shape index (κ3) is 4.40. The van der Waals surface area contributed by atoms with Gasteiger partial charge in [0, 0.05) is 12.6 Å². The second kappa shape index (κ2) is 6.20. The molecule has 0 saturated carbocycles. The molecule has 1 atom stereocenters. The number of carbonyl (C=O) groups is 1. The molecule has 0 aliphatic carbocycles. The van der Waals surface area contributed by atoms with Gasteiger partial charge in [0.1, 0.15) is 18.2 Å². The normalized spacial score (nSPS) is 12.5. The van der Waals surface area contributed by atoms with Gasteiger partial charge >= 0.3 is 0 Å². The number of amides is 1. The molecule has 0 aromatic heterocycles. The van der Waals surface area contributed by atoms with Gasteiger partial charge in [0.05, 0.1) is 6.04 Å². The van der Waals surface area contributed by atoms with Gasteiger partial charge in [-0.25, -0.2) is 4.39 Å². The lowest BCUT2D eigenvalue weighted by molar-refractivity contribution is -0.122. The highest BCUT2D eigenvalue weighted by molar-refractivity contribution is 5.79. The van der Waals surface area contributed by atoms with E-state index in [0.717, 1.165) is 0 Å². The van der Waals surface area contributed by atoms with Crippen molar-refractivity contribution in [1.82, 2.24) is 4.90 Å². The van der Waals surface area contributed by atoms with Crippen LogP contribution < -0.4 is 10.5 Å². The van der Waals surface area contributed by atoms with Crippen molar-refractivity contribution >= 4 is 5.91 Å². The van der Waals surface area contributed by atoms with Crippen LogP contribution >= 0.6 is 0 Å². The molecule has 0 aliphatic rings. The van der Waals surface area contributed by atoms with E-state index in [-0.39, 0.29) is 17.8 Å². The number of hydrogen-bond acceptors (Lipinski definition) is 3. The van der Waals surface area contributed by atoms with Crippen molar-refractivity contribution in [2.24, 2.45) is 5.73 Å². The standard InChI is InChI=1S/C12H17FN2O2/c1-9(12(14)16)15(2)6-7-17-11-5-3-4-10(13)8-11/h3-5,8-9H,6-7H2,1-2H3,(H2,14,16)/t9-/m0/s1. The number of benzene rings is 1. The fourth-order valence-electron chi connectivity index (χ4n) is 1.28. The van der Waals surface area contributed by atoms with E-state index in [0.29, 0.717) is 18.9 Å². The molecule has 1 aromatic rings. The van der Waals surface area contributed by atoms with E-state index in [1.54, 1.807) is 31.0 Å². The SMILES string of the molecule is C[C@@H](C(N)=O)N(C)CCOc1cccc(F)c1. The molecule has 1 rings (SSSR count). The Balaban J connectivity index is 2.35. The summed E-state index contributed by atoms with van der Waals surface area (Å²) in [6, 6.07) is 5.60. The summed E-state index contributed by atoms with van der Waals surface area (Å²) >= 11 is 0. The van der Waals surface area contributed by atoms with Crippen molar-refractivity contribution in [3.63, 3.8) is 0 Å². The molecule has 0 aliphatic heterocycles. The molecule has 2 N–H and O–H groups in total. The number of rotatable bonds is 6. The molecule has 0 saturated heterocycles. The summed E-state index contributed by atoms with van der Waals surface area (Å²) in [6.07, 6.45) is 0. The van der Waals surface area contributed by atoms with E-state index in [4.69, 9.17) is 10.5 Å². The number of nitrogens with two attached hydrogens (primary N) is 1. The maximum atomic E-state index is 12.8. The molecular formula is C12H17FN2O2. The summed E-state index contributed by atoms with van der Waals surface area (Å²) in [5.41, 5.74) is 5.17. The topological polar surface area (TPSA) is 55.6 Å². The van der Waals surface area contributed by atoms with E-state index >= 15 is 0 Å². The highest BCUT2D eigenvalue weighted by Crippen LogP contribution is 2.11. The summed E-state index contributed by atoms with van der Waals surface area (Å²) in [5, 5.41) is 0. The minimum absolute atomic E-state index is 0.332. The maximum Gasteiger partial charge on any atom is 0.234 e. The van der Waals surface area contributed by atoms with E-state index in [1.165, 1.54) is 12.1 Å². The third-order valence-electron chi connectivity index (χ3n) is 2.58. The van der Waals surface area contributed by atoms with Crippen molar-refractivity contribution in [3.05, 3.63) is 30.1 Å². The third-order valence-corrected chi connectivity index (χ3v) is 2.58. The Morgan fingerprint density at radius 2 is 2.29 bits per heavy atom. The monoisotopic (exact) mass is 240 g/mol. The zero-order chi connectivity index (χ0) is 12.8. The number of ether oxygens (including phenoxy) is 1. The van der Waals surface area contributed by atoms with Gasteiger partial charge in [-0.1, -0.05) is 6.07 Å². The number of carbonyl (C=O) groups excluding carboxylic acids is 1. The van der Waals surface area contributed by atoms with Crippen LogP contribution in [0.1, 0.15) is 6.92 Å². The van der Waals surface area contributed by atoms with Crippen molar-refractivity contribution in [1.29, 1.82) is 0 Å². The molecule has 94 valence electrons. The number of nitrogens with zero attached hydrogens (tertiary/aromatic N) is 1. The average molecular weight is 240 g/mol. The van der Waals surface area contributed by atoms with Crippen LogP contribution in [0.3, 0.4) is 0 Å². The van der Waals surface area contributed by atoms with E-state index in [2.05, 4.69) is 0 Å². The first-order chi connectivity index (χ1) is 8.00. The molecule has 0 radical (unpaired) electrons. The Morgan fingerprint density at radius 3 is 2.88 bits per heavy atom. The van der Waals surface area contributed by atoms with E-state index in [1.807, 2.05) is 0 Å². The maximum absolute atomic E-state index is 12.8. The predicted molar refractivity (Wildman–Crippen MR) is 63.2 cm³/mol. The van der Waals surface area contributed by atoms with Gasteiger partial charge < -0.3 is 10.5 Å². The highest BCUT2D eigenvalue weighted by atomic mass is 19.1. The lowest BCUT2D eigenvalue weighted by Gasteiger charge is -2.21. The molecule has 4 nitrogen and oxygen atoms in total. The van der Waals surface area contributed by atoms with Gasteiger partial charge in [0.15, 0.2) is 0 Å². The van der Waals surface area contributed by atoms with E-state index < -0.39 is 0 Å². The molecule has 0 unspecified atom stereocenters. The summed E-state index contributed by atoms with van der Waals surface area (Å²) in [6.45, 7) is 2.64. The van der Waals surface area contributed by atoms with Crippen LogP contribution in [0, 0.1) is 5.82 Å². The molecule has 0 heterocycles. The summed E-state index contributed by atoms with van der Waals surface area (Å²) in [4.78, 5) is 12.7. The number of likely N-dealkylation sites (N-methyl/N-ethyl adjacent to an activating group) is 1. The first-order valence-electron chi connectivity index (χ1n) is 5.38. The lowest BCUT2D eigenvalue weighted by atomic mass is 10.3. The number of primary amides is 1. The van der Waals surface area contributed by atoms with Gasteiger partial charge in [0.2, 0.25) is 5.91 Å². The molecule has 17 heavy (non-hydrogen) atoms. The Bertz CT molecular complexity index is 385. The van der Waals surface area contributed by atoms with Crippen LogP contribution in [0.2, 0.25) is 0 Å². The summed E-state index contributed by atoms with van der Waals surface area (Å²) in [7, 11) is 1.78. The van der Waals surface area contributed by atoms with Crippen LogP contribution in [0.4, 0.5) is 4.39 Å². The Kier molecular flexibility index (Phi) is 4.90. The van der Waals surface area contributed by atoms with Gasteiger partial charge in [-0.3, -0.25) is 9.69 Å². The fraction of sp³-hybridized carbons (Fsp3) is 0.417. The minimum atomic E-state index is -0.377. The Morgan fingerprint density at radius 1 is 1.59 bits per heavy atom. The molecule has 1 aromatic carbocycles. The van der Waals surface area contributed by atoms with E-state index in [9.17, 15) is 9.18 Å². The molecule has 1 amide bonds. The van der Waals surface area contributed by atoms with Gasteiger partial charge in [0.25, 0.3) is 0 Å². The fourth-order valence-corrected chi connectivity index (χ4v) is 1.28. The zero-order valence-corrected chi connectivity index (χ0v) is 10.0. The Hall–Kier alpha value is -1.62. The van der Waals surface area contributed by atoms with Crippen molar-refractivity contribution in [3.8, 4) is 5.75 Å². The van der Waals surface area contributed by atoms with Crippen LogP contribution in [0.15, 0.2) is 24.3 Å². The molecule has 0 bridgehead atoms. The average Bonchev–Trinajstić information content (AvgIpc) is 2.27. The van der Waals surface area contributed by atoms with Crippen molar-refractivity contribution < 1.29 is 13.9 Å². The van der Waals surface area contributed by atoms with Crippen molar-refractivity contribution in [2.75, 3.05) is 20.2 Å². The first kappa shape index (κ1) is 13.4. The van der Waals surface area contributed by atoms with Crippen molar-refractivity contribution in [2.45, 2.75) is 13.0 Å². The minimum Gasteiger partial charge on any atom is -0.492 e. The predicted octanol–water partition coefficient (Wildman–Crippen LogP) is 1.01. The smallest absolute Gasteiger partial charge is 0.234 e. The summed E-state index contributed by atoms with van der Waals surface area (Å²) in [5.74, 6) is -0.232. The van der Waals surface area contributed by atoms with Gasteiger partial charge in [-0.05, 0) is 26.1 Å². The van der Waals surface area contributed by atoms with Crippen LogP contribution in [-0.2, 0) is 4.79 Å². The van der Waals surface area contributed by atoms with Gasteiger partial charge in [-0.2, -0.15) is 0 Å². The Labute approximate surface area is 100 Å². The molecule has 0 spiro atoms. The van der Waals surface area contributed by atoms with Crippen LogP contribution in [0.5, 0.6) is 5.75 Å². The highest BCUT2D eigenvalue weighted by Gasteiger charge is 2.14. The second-order valence-electron chi connectivity index (χ2n) is 3.86. The van der Waals surface area contributed by atoms with Crippen LogP contribution in [0.25, 0.3) is 0 Å². The quantitative estimate of drug-likeness (QED) is 0.807. The summed E-state index contributed by atoms with van der Waals surface area (Å²) < 4.78 is 18.2. The molecule has 5 heteroatoms. The zero-order valence-electron chi connectivity index (χ0n) is 10.0. The van der Waals surface area contributed by atoms with Gasteiger partial charge in [-0.15, -0.1) is 0 Å². The number of hydrogen-bond donors (Lipinski definition) is 1. The number of halogens is 1. The molecule has 0 fully saturated rings. The molecular weight excluding hydrogens is 223 g/mol. The second-order valence-corrected chi connectivity index (χ2v) is 3.86. The first-order valence-corrected chi connectivity index (χ1v) is 5.38. The largest absolute Gasteiger partial charge is 0.492 e. The lowest BCUT2D eigenvalue weighted by Crippen LogP contribution is -2.42.